The molecule has 24 heavy (non-hydrogen) atoms. The number of hydrogen-bond acceptors (Lipinski definition) is 4. The summed E-state index contributed by atoms with van der Waals surface area (Å²) in [5, 5.41) is 3.06. The molecule has 1 amide bonds. The molecule has 0 saturated heterocycles. The van der Waals surface area contributed by atoms with Gasteiger partial charge in [0, 0.05) is 17.7 Å². The van der Waals surface area contributed by atoms with Crippen molar-refractivity contribution in [3.8, 4) is 0 Å². The van der Waals surface area contributed by atoms with Crippen LogP contribution in [-0.2, 0) is 4.79 Å². The van der Waals surface area contributed by atoms with E-state index in [2.05, 4.69) is 15.3 Å². The Kier molecular flexibility index (Phi) is 5.49. The summed E-state index contributed by atoms with van der Waals surface area (Å²) >= 11 is 0. The maximum Gasteiger partial charge on any atom is 0.244 e. The number of halogens is 1. The van der Waals surface area contributed by atoms with E-state index in [-0.39, 0.29) is 17.7 Å². The van der Waals surface area contributed by atoms with Crippen LogP contribution in [0.25, 0.3) is 0 Å². The van der Waals surface area contributed by atoms with Crippen LogP contribution in [0.1, 0.15) is 62.7 Å². The summed E-state index contributed by atoms with van der Waals surface area (Å²) < 4.78 is 13.1. The quantitative estimate of drug-likeness (QED) is 0.849. The molecule has 1 unspecified atom stereocenters. The molecule has 5 nitrogen and oxygen atoms in total. The molecule has 2 rings (SSSR count). The summed E-state index contributed by atoms with van der Waals surface area (Å²) in [6, 6.07) is 6.69. The zero-order valence-electron chi connectivity index (χ0n) is 14.4. The highest BCUT2D eigenvalue weighted by Crippen LogP contribution is 2.23. The molecule has 0 spiro atoms. The number of nitrogens with zero attached hydrogens (tertiary/aromatic N) is 2. The number of hydrogen-bond donors (Lipinski definition) is 2. The van der Waals surface area contributed by atoms with Gasteiger partial charge in [-0.1, -0.05) is 39.8 Å². The molecule has 2 aromatic rings. The van der Waals surface area contributed by atoms with E-state index in [1.54, 1.807) is 0 Å². The topological polar surface area (TPSA) is 80.9 Å². The van der Waals surface area contributed by atoms with Crippen LogP contribution in [0.15, 0.2) is 30.3 Å². The van der Waals surface area contributed by atoms with E-state index in [0.717, 1.165) is 5.69 Å². The summed E-state index contributed by atoms with van der Waals surface area (Å²) in [6.07, 6.45) is 0. The zero-order valence-corrected chi connectivity index (χ0v) is 14.4. The van der Waals surface area contributed by atoms with Gasteiger partial charge in [-0.15, -0.1) is 0 Å². The van der Waals surface area contributed by atoms with Gasteiger partial charge in [-0.3, -0.25) is 4.79 Å². The Morgan fingerprint density at radius 1 is 1.08 bits per heavy atom. The number of primary amides is 1. The first kappa shape index (κ1) is 17.8. The third kappa shape index (κ3) is 4.28. The maximum atomic E-state index is 13.1. The van der Waals surface area contributed by atoms with Gasteiger partial charge in [-0.25, -0.2) is 14.4 Å². The average molecular weight is 330 g/mol. The lowest BCUT2D eigenvalue weighted by molar-refractivity contribution is -0.118. The Morgan fingerprint density at radius 2 is 1.71 bits per heavy atom. The Bertz CT molecular complexity index is 687. The van der Waals surface area contributed by atoms with E-state index in [0.29, 0.717) is 17.2 Å². The SMILES string of the molecule is CC(C)c1cc(NC(C(N)=O)c2ccc(F)cc2)nc(C(C)C)n1. The summed E-state index contributed by atoms with van der Waals surface area (Å²) in [4.78, 5) is 20.9. The van der Waals surface area contributed by atoms with Gasteiger partial charge in [0.05, 0.1) is 0 Å². The Hall–Kier alpha value is -2.50. The van der Waals surface area contributed by atoms with Gasteiger partial charge in [-0.2, -0.15) is 0 Å². The molecular weight excluding hydrogens is 307 g/mol. The second-order valence-electron chi connectivity index (χ2n) is 6.38. The van der Waals surface area contributed by atoms with Crippen LogP contribution in [0.5, 0.6) is 0 Å². The molecule has 0 fully saturated rings. The van der Waals surface area contributed by atoms with Gasteiger partial charge in [0.1, 0.15) is 23.5 Å². The van der Waals surface area contributed by atoms with Crippen molar-refractivity contribution in [3.05, 3.63) is 53.2 Å². The van der Waals surface area contributed by atoms with Crippen molar-refractivity contribution in [1.82, 2.24) is 9.97 Å². The van der Waals surface area contributed by atoms with Crippen molar-refractivity contribution < 1.29 is 9.18 Å². The highest BCUT2D eigenvalue weighted by Gasteiger charge is 2.20. The second-order valence-corrected chi connectivity index (χ2v) is 6.38. The van der Waals surface area contributed by atoms with E-state index >= 15 is 0 Å². The first-order valence-electron chi connectivity index (χ1n) is 7.98. The maximum absolute atomic E-state index is 13.1. The number of amides is 1. The number of rotatable bonds is 6. The molecule has 1 heterocycles. The van der Waals surface area contributed by atoms with E-state index in [9.17, 15) is 9.18 Å². The predicted octanol–water partition coefficient (Wildman–Crippen LogP) is 3.50. The lowest BCUT2D eigenvalue weighted by atomic mass is 10.1. The van der Waals surface area contributed by atoms with Crippen molar-refractivity contribution in [1.29, 1.82) is 0 Å². The average Bonchev–Trinajstić information content (AvgIpc) is 2.53. The molecule has 0 saturated carbocycles. The zero-order chi connectivity index (χ0) is 17.9. The van der Waals surface area contributed by atoms with Crippen molar-refractivity contribution in [2.75, 3.05) is 5.32 Å². The Morgan fingerprint density at radius 3 is 2.21 bits per heavy atom. The number of anilines is 1. The van der Waals surface area contributed by atoms with Crippen LogP contribution in [0.2, 0.25) is 0 Å². The minimum Gasteiger partial charge on any atom is -0.368 e. The van der Waals surface area contributed by atoms with E-state index in [1.807, 2.05) is 33.8 Å². The fourth-order valence-electron chi connectivity index (χ4n) is 2.24. The standard InChI is InChI=1S/C18H23FN4O/c1-10(2)14-9-15(23-18(21-14)11(3)4)22-16(17(20)24)12-5-7-13(19)8-6-12/h5-11,16H,1-4H3,(H2,20,24)(H,21,22,23). The molecule has 6 heteroatoms. The molecule has 0 aliphatic carbocycles. The molecule has 1 aromatic heterocycles. The van der Waals surface area contributed by atoms with E-state index in [1.165, 1.54) is 24.3 Å². The molecule has 0 radical (unpaired) electrons. The van der Waals surface area contributed by atoms with Crippen LogP contribution in [0.3, 0.4) is 0 Å². The summed E-state index contributed by atoms with van der Waals surface area (Å²) in [6.45, 7) is 8.10. The minimum atomic E-state index is -0.791. The van der Waals surface area contributed by atoms with Crippen LogP contribution in [0, 0.1) is 5.82 Å². The Labute approximate surface area is 141 Å². The first-order chi connectivity index (χ1) is 11.3. The van der Waals surface area contributed by atoms with Crippen molar-refractivity contribution in [2.45, 2.75) is 45.6 Å². The van der Waals surface area contributed by atoms with Gasteiger partial charge >= 0.3 is 0 Å². The third-order valence-electron chi connectivity index (χ3n) is 3.65. The summed E-state index contributed by atoms with van der Waals surface area (Å²) in [7, 11) is 0. The van der Waals surface area contributed by atoms with Crippen molar-refractivity contribution in [2.24, 2.45) is 5.73 Å². The normalized spacial score (nSPS) is 12.5. The number of benzene rings is 1. The molecule has 0 bridgehead atoms. The molecule has 1 aromatic carbocycles. The largest absolute Gasteiger partial charge is 0.368 e. The number of nitrogens with one attached hydrogen (secondary N) is 1. The molecule has 0 aliphatic rings. The lowest BCUT2D eigenvalue weighted by Gasteiger charge is -2.19. The summed E-state index contributed by atoms with van der Waals surface area (Å²) in [5.41, 5.74) is 6.98. The van der Waals surface area contributed by atoms with Crippen LogP contribution >= 0.6 is 0 Å². The van der Waals surface area contributed by atoms with Gasteiger partial charge in [0.2, 0.25) is 5.91 Å². The third-order valence-corrected chi connectivity index (χ3v) is 3.65. The predicted molar refractivity (Wildman–Crippen MR) is 92.2 cm³/mol. The molecule has 1 atom stereocenters. The number of carbonyl (C=O) groups is 1. The van der Waals surface area contributed by atoms with Crippen molar-refractivity contribution >= 4 is 11.7 Å². The fraction of sp³-hybridized carbons (Fsp3) is 0.389. The van der Waals surface area contributed by atoms with Crippen molar-refractivity contribution in [3.63, 3.8) is 0 Å². The molecule has 3 N–H and O–H groups in total. The molecule has 128 valence electrons. The Balaban J connectivity index is 2.38. The minimum absolute atomic E-state index is 0.155. The van der Waals surface area contributed by atoms with E-state index < -0.39 is 11.9 Å². The molecule has 0 aliphatic heterocycles. The van der Waals surface area contributed by atoms with Gasteiger partial charge in [-0.05, 0) is 23.6 Å². The number of carbonyl (C=O) groups excluding carboxylic acids is 1. The van der Waals surface area contributed by atoms with Crippen LogP contribution in [0.4, 0.5) is 10.2 Å². The fourth-order valence-corrected chi connectivity index (χ4v) is 2.24. The van der Waals surface area contributed by atoms with Gasteiger partial charge in [0.15, 0.2) is 0 Å². The second kappa shape index (κ2) is 7.38. The monoisotopic (exact) mass is 330 g/mol. The first-order valence-corrected chi connectivity index (χ1v) is 7.98. The van der Waals surface area contributed by atoms with Crippen LogP contribution < -0.4 is 11.1 Å². The van der Waals surface area contributed by atoms with Crippen LogP contribution in [-0.4, -0.2) is 15.9 Å². The van der Waals surface area contributed by atoms with Gasteiger partial charge < -0.3 is 11.1 Å². The summed E-state index contributed by atoms with van der Waals surface area (Å²) in [5.74, 6) is 0.688. The smallest absolute Gasteiger partial charge is 0.244 e. The highest BCUT2D eigenvalue weighted by atomic mass is 19.1. The molecular formula is C18H23FN4O. The number of aromatic nitrogens is 2. The highest BCUT2D eigenvalue weighted by molar-refractivity contribution is 5.84. The number of nitrogens with two attached hydrogens (primary N) is 1. The van der Waals surface area contributed by atoms with E-state index in [4.69, 9.17) is 5.73 Å². The van der Waals surface area contributed by atoms with Gasteiger partial charge in [0.25, 0.3) is 0 Å². The lowest BCUT2D eigenvalue weighted by Crippen LogP contribution is -2.28.